The van der Waals surface area contributed by atoms with Gasteiger partial charge in [-0.25, -0.2) is 0 Å². The molecule has 0 aromatic rings. The summed E-state index contributed by atoms with van der Waals surface area (Å²) in [4.78, 5) is 8.84. The number of rotatable bonds is 1. The quantitative estimate of drug-likeness (QED) is 0.553. The van der Waals surface area contributed by atoms with Gasteiger partial charge in [-0.3, -0.25) is 4.99 Å². The summed E-state index contributed by atoms with van der Waals surface area (Å²) >= 11 is 0. The third kappa shape index (κ3) is 1.85. The molecule has 1 aliphatic rings. The molecule has 0 unspecified atom stereocenters. The highest BCUT2D eigenvalue weighted by molar-refractivity contribution is 5.80. The Morgan fingerprint density at radius 3 is 2.91 bits per heavy atom. The van der Waals surface area contributed by atoms with Gasteiger partial charge < -0.3 is 9.80 Å². The standard InChI is InChI=1S/C8H17N3/c1-4-10(2)8-9-6-5-7-11(8)3/h4-7H2,1-3H3. The zero-order valence-corrected chi connectivity index (χ0v) is 7.67. The van der Waals surface area contributed by atoms with E-state index < -0.39 is 0 Å². The summed E-state index contributed by atoms with van der Waals surface area (Å²) in [6.45, 7) is 5.31. The van der Waals surface area contributed by atoms with Crippen LogP contribution in [-0.2, 0) is 0 Å². The van der Waals surface area contributed by atoms with Crippen LogP contribution in [-0.4, -0.2) is 49.5 Å². The molecule has 3 nitrogen and oxygen atoms in total. The van der Waals surface area contributed by atoms with E-state index in [1.54, 1.807) is 0 Å². The van der Waals surface area contributed by atoms with E-state index in [1.165, 1.54) is 6.42 Å². The Morgan fingerprint density at radius 1 is 1.64 bits per heavy atom. The van der Waals surface area contributed by atoms with Crippen molar-refractivity contribution in [1.82, 2.24) is 9.80 Å². The Balaban J connectivity index is 2.59. The minimum Gasteiger partial charge on any atom is -0.346 e. The van der Waals surface area contributed by atoms with Crippen LogP contribution in [0.3, 0.4) is 0 Å². The van der Waals surface area contributed by atoms with Gasteiger partial charge in [-0.2, -0.15) is 0 Å². The van der Waals surface area contributed by atoms with E-state index in [0.29, 0.717) is 0 Å². The van der Waals surface area contributed by atoms with Crippen LogP contribution in [0.2, 0.25) is 0 Å². The molecule has 0 radical (unpaired) electrons. The second-order valence-corrected chi connectivity index (χ2v) is 2.97. The van der Waals surface area contributed by atoms with Gasteiger partial charge in [0.2, 0.25) is 0 Å². The molecule has 0 spiro atoms. The van der Waals surface area contributed by atoms with E-state index in [9.17, 15) is 0 Å². The summed E-state index contributed by atoms with van der Waals surface area (Å²) in [5.41, 5.74) is 0. The Labute approximate surface area is 68.7 Å². The predicted octanol–water partition coefficient (Wildman–Crippen LogP) is 0.630. The first-order valence-corrected chi connectivity index (χ1v) is 4.22. The van der Waals surface area contributed by atoms with Gasteiger partial charge >= 0.3 is 0 Å². The van der Waals surface area contributed by atoms with Crippen LogP contribution < -0.4 is 0 Å². The fourth-order valence-electron chi connectivity index (χ4n) is 1.26. The lowest BCUT2D eigenvalue weighted by atomic mass is 10.3. The SMILES string of the molecule is CCN(C)C1=NCCCN1C. The Hall–Kier alpha value is -0.730. The van der Waals surface area contributed by atoms with Crippen LogP contribution in [0.5, 0.6) is 0 Å². The molecule has 1 rings (SSSR count). The second-order valence-electron chi connectivity index (χ2n) is 2.97. The van der Waals surface area contributed by atoms with Crippen molar-refractivity contribution in [2.24, 2.45) is 4.99 Å². The number of hydrogen-bond acceptors (Lipinski definition) is 3. The van der Waals surface area contributed by atoms with Gasteiger partial charge in [0.05, 0.1) is 0 Å². The minimum absolute atomic E-state index is 0.990. The first kappa shape index (κ1) is 8.37. The molecule has 0 atom stereocenters. The fourth-order valence-corrected chi connectivity index (χ4v) is 1.26. The van der Waals surface area contributed by atoms with Gasteiger partial charge in [0.25, 0.3) is 0 Å². The summed E-state index contributed by atoms with van der Waals surface area (Å²) in [6, 6.07) is 0. The highest BCUT2D eigenvalue weighted by atomic mass is 15.4. The van der Waals surface area contributed by atoms with E-state index in [-0.39, 0.29) is 0 Å². The average Bonchev–Trinajstić information content (AvgIpc) is 2.04. The van der Waals surface area contributed by atoms with Crippen LogP contribution in [0, 0.1) is 0 Å². The fraction of sp³-hybridized carbons (Fsp3) is 0.875. The first-order valence-electron chi connectivity index (χ1n) is 4.22. The highest BCUT2D eigenvalue weighted by Gasteiger charge is 2.12. The maximum absolute atomic E-state index is 4.45. The maximum Gasteiger partial charge on any atom is 0.196 e. The highest BCUT2D eigenvalue weighted by Crippen LogP contribution is 2.02. The Kier molecular flexibility index (Phi) is 2.74. The van der Waals surface area contributed by atoms with Crippen molar-refractivity contribution in [3.05, 3.63) is 0 Å². The van der Waals surface area contributed by atoms with Crippen molar-refractivity contribution in [2.75, 3.05) is 33.7 Å². The molecule has 0 bridgehead atoms. The molecule has 64 valence electrons. The van der Waals surface area contributed by atoms with Crippen molar-refractivity contribution >= 4 is 5.96 Å². The lowest BCUT2D eigenvalue weighted by molar-refractivity contribution is 0.374. The summed E-state index contributed by atoms with van der Waals surface area (Å²) < 4.78 is 0. The van der Waals surface area contributed by atoms with Crippen molar-refractivity contribution in [3.8, 4) is 0 Å². The van der Waals surface area contributed by atoms with E-state index in [2.05, 4.69) is 35.8 Å². The number of nitrogens with zero attached hydrogens (tertiary/aromatic N) is 3. The molecule has 0 saturated carbocycles. The van der Waals surface area contributed by atoms with Crippen LogP contribution in [0.15, 0.2) is 4.99 Å². The van der Waals surface area contributed by atoms with Crippen LogP contribution in [0.1, 0.15) is 13.3 Å². The molecule has 1 heterocycles. The molecule has 0 aliphatic carbocycles. The van der Waals surface area contributed by atoms with Gasteiger partial charge in [0.15, 0.2) is 5.96 Å². The zero-order chi connectivity index (χ0) is 8.27. The Morgan fingerprint density at radius 2 is 2.36 bits per heavy atom. The van der Waals surface area contributed by atoms with E-state index >= 15 is 0 Å². The average molecular weight is 155 g/mol. The molecule has 0 saturated heterocycles. The molecule has 11 heavy (non-hydrogen) atoms. The maximum atomic E-state index is 4.45. The van der Waals surface area contributed by atoms with Crippen LogP contribution in [0.25, 0.3) is 0 Å². The minimum atomic E-state index is 0.990. The number of aliphatic imine (C=N–C) groups is 1. The molecular weight excluding hydrogens is 138 g/mol. The van der Waals surface area contributed by atoms with E-state index in [1.807, 2.05) is 0 Å². The Bertz CT molecular complexity index is 153. The lowest BCUT2D eigenvalue weighted by Gasteiger charge is -2.31. The van der Waals surface area contributed by atoms with Crippen molar-refractivity contribution in [1.29, 1.82) is 0 Å². The van der Waals surface area contributed by atoms with Gasteiger partial charge in [-0.05, 0) is 13.3 Å². The summed E-state index contributed by atoms with van der Waals surface area (Å²) in [6.07, 6.45) is 1.19. The van der Waals surface area contributed by atoms with Crippen molar-refractivity contribution in [3.63, 3.8) is 0 Å². The van der Waals surface area contributed by atoms with Crippen LogP contribution in [0.4, 0.5) is 0 Å². The summed E-state index contributed by atoms with van der Waals surface area (Å²) in [5.74, 6) is 1.14. The normalized spacial score (nSPS) is 18.1. The smallest absolute Gasteiger partial charge is 0.196 e. The first-order chi connectivity index (χ1) is 5.25. The van der Waals surface area contributed by atoms with Gasteiger partial charge in [0.1, 0.15) is 0 Å². The molecule has 0 aromatic heterocycles. The molecular formula is C8H17N3. The van der Waals surface area contributed by atoms with E-state index in [4.69, 9.17) is 0 Å². The number of guanidine groups is 1. The topological polar surface area (TPSA) is 18.8 Å². The van der Waals surface area contributed by atoms with Gasteiger partial charge in [-0.1, -0.05) is 0 Å². The summed E-state index contributed by atoms with van der Waals surface area (Å²) in [5, 5.41) is 0. The zero-order valence-electron chi connectivity index (χ0n) is 7.67. The molecule has 1 aliphatic heterocycles. The van der Waals surface area contributed by atoms with Gasteiger partial charge in [-0.15, -0.1) is 0 Å². The van der Waals surface area contributed by atoms with E-state index in [0.717, 1.165) is 25.6 Å². The third-order valence-corrected chi connectivity index (χ3v) is 2.06. The van der Waals surface area contributed by atoms with Crippen LogP contribution >= 0.6 is 0 Å². The molecule has 0 fully saturated rings. The molecule has 3 heteroatoms. The molecule has 0 aromatic carbocycles. The lowest BCUT2D eigenvalue weighted by Crippen LogP contribution is -2.43. The van der Waals surface area contributed by atoms with Gasteiger partial charge in [0, 0.05) is 33.7 Å². The molecule has 0 N–H and O–H groups in total. The van der Waals surface area contributed by atoms with Crippen molar-refractivity contribution < 1.29 is 0 Å². The monoisotopic (exact) mass is 155 g/mol. The third-order valence-electron chi connectivity index (χ3n) is 2.06. The molecule has 0 amide bonds. The predicted molar refractivity (Wildman–Crippen MR) is 47.9 cm³/mol. The summed E-state index contributed by atoms with van der Waals surface area (Å²) in [7, 11) is 4.19. The number of hydrogen-bond donors (Lipinski definition) is 0. The largest absolute Gasteiger partial charge is 0.346 e. The second kappa shape index (κ2) is 3.60. The van der Waals surface area contributed by atoms with Crippen molar-refractivity contribution in [2.45, 2.75) is 13.3 Å².